The van der Waals surface area contributed by atoms with Crippen LogP contribution in [0.25, 0.3) is 11.3 Å². The fourth-order valence-corrected chi connectivity index (χ4v) is 3.55. The van der Waals surface area contributed by atoms with E-state index in [1.807, 2.05) is 0 Å². The number of carbonyl (C=O) groups is 2. The van der Waals surface area contributed by atoms with E-state index in [1.54, 1.807) is 36.5 Å². The van der Waals surface area contributed by atoms with Gasteiger partial charge in [0.15, 0.2) is 11.8 Å². The molecule has 10 heteroatoms. The highest BCUT2D eigenvalue weighted by Crippen LogP contribution is 2.30. The van der Waals surface area contributed by atoms with Crippen LogP contribution in [-0.2, 0) is 14.3 Å². The Morgan fingerprint density at radius 1 is 1.19 bits per heavy atom. The summed E-state index contributed by atoms with van der Waals surface area (Å²) in [5.74, 6) is -0.539. The van der Waals surface area contributed by atoms with Crippen LogP contribution in [0.2, 0.25) is 0 Å². The predicted octanol–water partition coefficient (Wildman–Crippen LogP) is 2.35. The van der Waals surface area contributed by atoms with Gasteiger partial charge in [-0.05, 0) is 30.7 Å². The predicted molar refractivity (Wildman–Crippen MR) is 112 cm³/mol. The number of benzene rings is 1. The molecule has 1 fully saturated rings. The summed E-state index contributed by atoms with van der Waals surface area (Å²) in [4.78, 5) is 35.9. The molecule has 3 aromatic rings. The first-order valence-electron chi connectivity index (χ1n) is 9.70. The molecule has 1 aliphatic rings. The van der Waals surface area contributed by atoms with Crippen molar-refractivity contribution < 1.29 is 18.8 Å². The summed E-state index contributed by atoms with van der Waals surface area (Å²) < 4.78 is 10.5. The van der Waals surface area contributed by atoms with Crippen LogP contribution in [0.5, 0.6) is 0 Å². The molecule has 0 aliphatic carbocycles. The lowest BCUT2D eigenvalue weighted by Gasteiger charge is -2.31. The zero-order valence-corrected chi connectivity index (χ0v) is 17.2. The Kier molecular flexibility index (Phi) is 6.54. The van der Waals surface area contributed by atoms with Gasteiger partial charge in [0.1, 0.15) is 5.88 Å². The molecule has 3 heterocycles. The highest BCUT2D eigenvalue weighted by molar-refractivity contribution is 6.29. The van der Waals surface area contributed by atoms with Gasteiger partial charge in [0, 0.05) is 36.3 Å². The molecule has 1 aromatic carbocycles. The van der Waals surface area contributed by atoms with E-state index in [0.29, 0.717) is 36.8 Å². The normalized spacial score (nSPS) is 16.6. The third kappa shape index (κ3) is 4.73. The highest BCUT2D eigenvalue weighted by atomic mass is 35.5. The standard InChI is InChI=1S/C21H20ClN5O4/c22-11-19(28)27(16-3-1-14(2-4-16)18-5-7-25-31-18)20(17-12-23-8-9-24-17)21(29)26-15-6-10-30-13-15/h1-5,7-9,12,15,20H,6,10-11,13H2,(H,26,29)/t15-,20+/m0/s1. The molecule has 0 bridgehead atoms. The average Bonchev–Trinajstić information content (AvgIpc) is 3.52. The van der Waals surface area contributed by atoms with Crippen molar-refractivity contribution in [1.82, 2.24) is 20.4 Å². The zero-order valence-electron chi connectivity index (χ0n) is 16.5. The van der Waals surface area contributed by atoms with Crippen LogP contribution in [0.4, 0.5) is 5.69 Å². The van der Waals surface area contributed by atoms with Crippen molar-refractivity contribution in [3.8, 4) is 11.3 Å². The van der Waals surface area contributed by atoms with Crippen molar-refractivity contribution in [2.45, 2.75) is 18.5 Å². The number of aromatic nitrogens is 3. The van der Waals surface area contributed by atoms with E-state index in [1.165, 1.54) is 23.5 Å². The minimum Gasteiger partial charge on any atom is -0.379 e. The molecule has 2 atom stereocenters. The second-order valence-electron chi connectivity index (χ2n) is 6.92. The average molecular weight is 442 g/mol. The van der Waals surface area contributed by atoms with Gasteiger partial charge in [0.2, 0.25) is 11.8 Å². The Labute approximate surface area is 183 Å². The SMILES string of the molecule is O=C(N[C@H]1CCOC1)[C@@H](c1cnccn1)N(C(=O)CCl)c1ccc(-c2ccno2)cc1. The van der Waals surface area contributed by atoms with Crippen LogP contribution in [-0.4, -0.2) is 52.1 Å². The number of hydrogen-bond acceptors (Lipinski definition) is 7. The molecule has 2 aromatic heterocycles. The quantitative estimate of drug-likeness (QED) is 0.560. The number of hydrogen-bond donors (Lipinski definition) is 1. The van der Waals surface area contributed by atoms with Gasteiger partial charge < -0.3 is 14.6 Å². The van der Waals surface area contributed by atoms with Crippen molar-refractivity contribution in [3.63, 3.8) is 0 Å². The van der Waals surface area contributed by atoms with Gasteiger partial charge in [0.05, 0.1) is 30.7 Å². The lowest BCUT2D eigenvalue weighted by molar-refractivity contribution is -0.126. The molecule has 1 N–H and O–H groups in total. The molecule has 0 spiro atoms. The summed E-state index contributed by atoms with van der Waals surface area (Å²) in [6.45, 7) is 1.00. The first kappa shape index (κ1) is 21.0. The molecule has 4 rings (SSSR count). The number of anilines is 1. The fraction of sp³-hybridized carbons (Fsp3) is 0.286. The van der Waals surface area contributed by atoms with E-state index < -0.39 is 11.9 Å². The van der Waals surface area contributed by atoms with Gasteiger partial charge >= 0.3 is 0 Å². The minimum atomic E-state index is -1.04. The molecular formula is C21H20ClN5O4. The number of alkyl halides is 1. The molecule has 1 aliphatic heterocycles. The maximum absolute atomic E-state index is 13.3. The topological polar surface area (TPSA) is 110 Å². The molecular weight excluding hydrogens is 422 g/mol. The lowest BCUT2D eigenvalue weighted by atomic mass is 10.1. The van der Waals surface area contributed by atoms with Crippen molar-refractivity contribution in [3.05, 3.63) is 60.8 Å². The summed E-state index contributed by atoms with van der Waals surface area (Å²) in [5, 5.41) is 6.65. The highest BCUT2D eigenvalue weighted by Gasteiger charge is 2.35. The Morgan fingerprint density at radius 2 is 2.03 bits per heavy atom. The Morgan fingerprint density at radius 3 is 2.65 bits per heavy atom. The number of rotatable bonds is 7. The smallest absolute Gasteiger partial charge is 0.249 e. The number of ether oxygens (including phenoxy) is 1. The number of halogens is 1. The second kappa shape index (κ2) is 9.67. The van der Waals surface area contributed by atoms with Crippen molar-refractivity contribution in [2.75, 3.05) is 24.0 Å². The fourth-order valence-electron chi connectivity index (χ4n) is 3.42. The van der Waals surface area contributed by atoms with E-state index in [4.69, 9.17) is 20.9 Å². The summed E-state index contributed by atoms with van der Waals surface area (Å²) in [6, 6.07) is 7.55. The van der Waals surface area contributed by atoms with Crippen LogP contribution < -0.4 is 10.2 Å². The third-order valence-corrected chi connectivity index (χ3v) is 5.13. The third-order valence-electron chi connectivity index (χ3n) is 4.90. The molecule has 31 heavy (non-hydrogen) atoms. The van der Waals surface area contributed by atoms with Crippen molar-refractivity contribution >= 4 is 29.1 Å². The van der Waals surface area contributed by atoms with Crippen LogP contribution in [0.1, 0.15) is 18.2 Å². The lowest BCUT2D eigenvalue weighted by Crippen LogP contribution is -2.47. The van der Waals surface area contributed by atoms with E-state index in [-0.39, 0.29) is 17.8 Å². The summed E-state index contributed by atoms with van der Waals surface area (Å²) in [6.07, 6.45) is 6.70. The number of nitrogens with one attached hydrogen (secondary N) is 1. The van der Waals surface area contributed by atoms with Crippen molar-refractivity contribution in [2.24, 2.45) is 0 Å². The second-order valence-corrected chi connectivity index (χ2v) is 7.19. The molecule has 2 amide bonds. The van der Waals surface area contributed by atoms with Gasteiger partial charge in [-0.2, -0.15) is 0 Å². The summed E-state index contributed by atoms with van der Waals surface area (Å²) >= 11 is 5.91. The molecule has 9 nitrogen and oxygen atoms in total. The van der Waals surface area contributed by atoms with Gasteiger partial charge in [0.25, 0.3) is 0 Å². The maximum Gasteiger partial charge on any atom is 0.249 e. The minimum absolute atomic E-state index is 0.131. The van der Waals surface area contributed by atoms with Gasteiger partial charge in [-0.3, -0.25) is 24.5 Å². The van der Waals surface area contributed by atoms with Crippen LogP contribution >= 0.6 is 11.6 Å². The summed E-state index contributed by atoms with van der Waals surface area (Å²) in [7, 11) is 0. The van der Waals surface area contributed by atoms with Gasteiger partial charge in [-0.1, -0.05) is 5.16 Å². The van der Waals surface area contributed by atoms with E-state index in [2.05, 4.69) is 20.4 Å². The van der Waals surface area contributed by atoms with E-state index in [9.17, 15) is 9.59 Å². The molecule has 0 radical (unpaired) electrons. The molecule has 1 saturated heterocycles. The first-order valence-corrected chi connectivity index (χ1v) is 10.2. The molecule has 0 unspecified atom stereocenters. The van der Waals surface area contributed by atoms with E-state index >= 15 is 0 Å². The summed E-state index contributed by atoms with van der Waals surface area (Å²) in [5.41, 5.74) is 1.60. The molecule has 0 saturated carbocycles. The largest absolute Gasteiger partial charge is 0.379 e. The number of amides is 2. The monoisotopic (exact) mass is 441 g/mol. The first-order chi connectivity index (χ1) is 15.2. The van der Waals surface area contributed by atoms with Gasteiger partial charge in [-0.25, -0.2) is 0 Å². The van der Waals surface area contributed by atoms with Crippen LogP contribution in [0.3, 0.4) is 0 Å². The van der Waals surface area contributed by atoms with Crippen LogP contribution in [0, 0.1) is 0 Å². The van der Waals surface area contributed by atoms with Crippen molar-refractivity contribution in [1.29, 1.82) is 0 Å². The van der Waals surface area contributed by atoms with Crippen LogP contribution in [0.15, 0.2) is 59.6 Å². The number of nitrogens with zero attached hydrogens (tertiary/aromatic N) is 4. The number of carbonyl (C=O) groups excluding carboxylic acids is 2. The maximum atomic E-state index is 13.3. The zero-order chi connectivity index (χ0) is 21.6. The Bertz CT molecular complexity index is 1010. The van der Waals surface area contributed by atoms with E-state index in [0.717, 1.165) is 5.56 Å². The van der Waals surface area contributed by atoms with Gasteiger partial charge in [-0.15, -0.1) is 11.6 Å². The Hall–Kier alpha value is -3.30. The Balaban J connectivity index is 1.70. The molecule has 160 valence electrons.